The van der Waals surface area contributed by atoms with Gasteiger partial charge in [-0.05, 0) is 80.8 Å². The van der Waals surface area contributed by atoms with Crippen LogP contribution in [0.15, 0.2) is 72.8 Å². The summed E-state index contributed by atoms with van der Waals surface area (Å²) in [4.78, 5) is 65.7. The van der Waals surface area contributed by atoms with Crippen molar-refractivity contribution in [2.24, 2.45) is 5.73 Å². The quantitative estimate of drug-likeness (QED) is 0.132. The zero-order chi connectivity index (χ0) is 34.8. The SMILES string of the molecule is Cc1c(C(=O)O)c(C)n(C(C(N)=O)N2CCCC2)c1C=C1C(=O)Nc2cc(NC(=O)Nc3cccc(NC(=O)c4ccccc4)c3)ccc21. The summed E-state index contributed by atoms with van der Waals surface area (Å²) >= 11 is 0. The summed E-state index contributed by atoms with van der Waals surface area (Å²) in [5, 5.41) is 21.1. The van der Waals surface area contributed by atoms with Crippen LogP contribution in [0.3, 0.4) is 0 Å². The lowest BCUT2D eigenvalue weighted by molar-refractivity contribution is -0.126. The Hall–Kier alpha value is -6.21. The van der Waals surface area contributed by atoms with Crippen LogP contribution in [-0.4, -0.2) is 57.4 Å². The molecule has 2 aliphatic heterocycles. The van der Waals surface area contributed by atoms with Gasteiger partial charge in [0.25, 0.3) is 17.7 Å². The molecule has 5 amide bonds. The highest BCUT2D eigenvalue weighted by Gasteiger charge is 2.35. The van der Waals surface area contributed by atoms with E-state index in [0.717, 1.165) is 12.8 Å². The minimum Gasteiger partial charge on any atom is -0.478 e. The zero-order valence-electron chi connectivity index (χ0n) is 26.9. The Labute approximate surface area is 281 Å². The number of aromatic nitrogens is 1. The summed E-state index contributed by atoms with van der Waals surface area (Å²) in [6.45, 7) is 4.54. The minimum atomic E-state index is -1.15. The zero-order valence-corrected chi connectivity index (χ0v) is 26.9. The number of likely N-dealkylation sites (tertiary alicyclic amines) is 1. The van der Waals surface area contributed by atoms with E-state index in [1.54, 1.807) is 91.2 Å². The van der Waals surface area contributed by atoms with Gasteiger partial charge in [0.2, 0.25) is 0 Å². The van der Waals surface area contributed by atoms with Gasteiger partial charge >= 0.3 is 12.0 Å². The molecular weight excluding hydrogens is 626 g/mol. The van der Waals surface area contributed by atoms with Crippen molar-refractivity contribution in [1.29, 1.82) is 0 Å². The second-order valence-electron chi connectivity index (χ2n) is 11.9. The number of carbonyl (C=O) groups excluding carboxylic acids is 4. The summed E-state index contributed by atoms with van der Waals surface area (Å²) in [6.07, 6.45) is 2.44. The standard InChI is InChI=1S/C36H35N7O6/c1-20-29(43(21(2)30(20)35(47)48)34(31(37)44)42-15-6-7-16-42)19-27-26-14-13-25(18-28(26)41-33(27)46)40-36(49)39-24-12-8-11-23(17-24)38-32(45)22-9-4-3-5-10-22/h3-5,8-14,17-19,34H,6-7,15-16H2,1-2H3,(H2,37,44)(H,38,45)(H,41,46)(H,47,48)(H2,39,40,49). The Kier molecular flexibility index (Phi) is 9.01. The number of carboxylic acid groups (broad SMARTS) is 1. The van der Waals surface area contributed by atoms with Gasteiger partial charge in [-0.3, -0.25) is 19.3 Å². The Bertz CT molecular complexity index is 2030. The molecule has 0 bridgehead atoms. The monoisotopic (exact) mass is 661 g/mol. The largest absolute Gasteiger partial charge is 0.478 e. The average Bonchev–Trinajstić information content (AvgIpc) is 3.75. The third-order valence-electron chi connectivity index (χ3n) is 8.70. The molecular formula is C36H35N7O6. The van der Waals surface area contributed by atoms with Crippen LogP contribution in [0.2, 0.25) is 0 Å². The summed E-state index contributed by atoms with van der Waals surface area (Å²) in [6, 6.07) is 19.9. The van der Waals surface area contributed by atoms with Gasteiger partial charge in [0.15, 0.2) is 6.17 Å². The number of amides is 5. The van der Waals surface area contributed by atoms with Gasteiger partial charge in [-0.25, -0.2) is 9.59 Å². The molecule has 1 saturated heterocycles. The number of primary amides is 1. The first-order valence-electron chi connectivity index (χ1n) is 15.7. The van der Waals surface area contributed by atoms with E-state index in [1.165, 1.54) is 0 Å². The van der Waals surface area contributed by atoms with Crippen LogP contribution in [0.1, 0.15) is 62.2 Å². The van der Waals surface area contributed by atoms with Crippen molar-refractivity contribution in [3.63, 3.8) is 0 Å². The van der Waals surface area contributed by atoms with E-state index in [1.807, 2.05) is 11.0 Å². The number of hydrogen-bond acceptors (Lipinski definition) is 6. The lowest BCUT2D eigenvalue weighted by Gasteiger charge is -2.29. The number of anilines is 4. The van der Waals surface area contributed by atoms with Crippen molar-refractivity contribution < 1.29 is 29.1 Å². The maximum atomic E-state index is 13.3. The third-order valence-corrected chi connectivity index (χ3v) is 8.70. The smallest absolute Gasteiger partial charge is 0.337 e. The number of benzene rings is 3. The number of aromatic carboxylic acids is 1. The lowest BCUT2D eigenvalue weighted by atomic mass is 10.0. The molecule has 13 heteroatoms. The van der Waals surface area contributed by atoms with E-state index < -0.39 is 30.0 Å². The Balaban J connectivity index is 1.23. The number of hydrogen-bond donors (Lipinski definition) is 6. The van der Waals surface area contributed by atoms with Crippen LogP contribution < -0.4 is 27.0 Å². The molecule has 4 aromatic rings. The van der Waals surface area contributed by atoms with Gasteiger partial charge in [0, 0.05) is 52.7 Å². The van der Waals surface area contributed by atoms with Crippen molar-refractivity contribution in [3.05, 3.63) is 106 Å². The fourth-order valence-electron chi connectivity index (χ4n) is 6.46. The van der Waals surface area contributed by atoms with Crippen LogP contribution >= 0.6 is 0 Å². The first-order valence-corrected chi connectivity index (χ1v) is 15.7. The molecule has 0 saturated carbocycles. The molecule has 13 nitrogen and oxygen atoms in total. The second kappa shape index (κ2) is 13.5. The van der Waals surface area contributed by atoms with Crippen LogP contribution in [0, 0.1) is 13.8 Å². The highest BCUT2D eigenvalue weighted by Crippen LogP contribution is 2.38. The van der Waals surface area contributed by atoms with Gasteiger partial charge in [-0.2, -0.15) is 0 Å². The van der Waals surface area contributed by atoms with Gasteiger partial charge in [0.05, 0.1) is 16.8 Å². The van der Waals surface area contributed by atoms with E-state index in [9.17, 15) is 29.1 Å². The first kappa shape index (κ1) is 32.7. The number of carboxylic acids is 1. The molecule has 2 aliphatic rings. The maximum Gasteiger partial charge on any atom is 0.337 e. The van der Waals surface area contributed by atoms with E-state index in [0.29, 0.717) is 63.9 Å². The topological polar surface area (TPSA) is 188 Å². The van der Waals surface area contributed by atoms with Gasteiger partial charge in [-0.1, -0.05) is 30.3 Å². The molecule has 7 N–H and O–H groups in total. The van der Waals surface area contributed by atoms with Crippen LogP contribution in [0.4, 0.5) is 27.5 Å². The Morgan fingerprint density at radius 1 is 0.878 bits per heavy atom. The van der Waals surface area contributed by atoms with Crippen molar-refractivity contribution >= 4 is 64.1 Å². The van der Waals surface area contributed by atoms with Crippen molar-refractivity contribution in [2.75, 3.05) is 34.4 Å². The molecule has 0 aliphatic carbocycles. The van der Waals surface area contributed by atoms with Crippen LogP contribution in [0.5, 0.6) is 0 Å². The number of rotatable bonds is 9. The fourth-order valence-corrected chi connectivity index (χ4v) is 6.46. The number of nitrogens with one attached hydrogen (secondary N) is 4. The fraction of sp³-hybridized carbons (Fsp3) is 0.194. The van der Waals surface area contributed by atoms with Crippen molar-refractivity contribution in [1.82, 2.24) is 9.47 Å². The van der Waals surface area contributed by atoms with Crippen LogP contribution in [0.25, 0.3) is 11.6 Å². The van der Waals surface area contributed by atoms with E-state index in [2.05, 4.69) is 21.3 Å². The van der Waals surface area contributed by atoms with E-state index >= 15 is 0 Å². The van der Waals surface area contributed by atoms with Gasteiger partial charge in [0.1, 0.15) is 0 Å². The normalized spacial score (nSPS) is 15.4. The van der Waals surface area contributed by atoms with E-state index in [4.69, 9.17) is 5.73 Å². The number of carbonyl (C=O) groups is 5. The highest BCUT2D eigenvalue weighted by molar-refractivity contribution is 6.35. The molecule has 6 rings (SSSR count). The molecule has 1 unspecified atom stereocenters. The number of fused-ring (bicyclic) bond motifs is 1. The van der Waals surface area contributed by atoms with Gasteiger partial charge < -0.3 is 36.7 Å². The molecule has 0 radical (unpaired) electrons. The molecule has 49 heavy (non-hydrogen) atoms. The Morgan fingerprint density at radius 2 is 1.53 bits per heavy atom. The highest BCUT2D eigenvalue weighted by atomic mass is 16.4. The average molecular weight is 662 g/mol. The molecule has 1 atom stereocenters. The summed E-state index contributed by atoms with van der Waals surface area (Å²) < 4.78 is 1.62. The summed E-state index contributed by atoms with van der Waals surface area (Å²) in [7, 11) is 0. The second-order valence-corrected chi connectivity index (χ2v) is 11.9. The molecule has 3 aromatic carbocycles. The molecule has 0 spiro atoms. The summed E-state index contributed by atoms with van der Waals surface area (Å²) in [5.41, 5.74) is 10.2. The van der Waals surface area contributed by atoms with Gasteiger partial charge in [-0.15, -0.1) is 0 Å². The molecule has 3 heterocycles. The van der Waals surface area contributed by atoms with E-state index in [-0.39, 0.29) is 17.0 Å². The van der Waals surface area contributed by atoms with Crippen molar-refractivity contribution in [2.45, 2.75) is 32.9 Å². The van der Waals surface area contributed by atoms with Crippen molar-refractivity contribution in [3.8, 4) is 0 Å². The number of urea groups is 1. The van der Waals surface area contributed by atoms with Crippen LogP contribution in [-0.2, 0) is 9.59 Å². The Morgan fingerprint density at radius 3 is 2.18 bits per heavy atom. The first-order chi connectivity index (χ1) is 23.5. The number of nitrogens with zero attached hydrogens (tertiary/aromatic N) is 2. The predicted octanol–water partition coefficient (Wildman–Crippen LogP) is 5.27. The predicted molar refractivity (Wildman–Crippen MR) is 186 cm³/mol. The minimum absolute atomic E-state index is 0.0468. The third kappa shape index (κ3) is 6.64. The molecule has 250 valence electrons. The number of nitrogens with two attached hydrogens (primary N) is 1. The summed E-state index contributed by atoms with van der Waals surface area (Å²) in [5.74, 6) is -2.47. The molecule has 1 fully saturated rings. The molecule has 1 aromatic heterocycles. The maximum absolute atomic E-state index is 13.3. The lowest BCUT2D eigenvalue weighted by Crippen LogP contribution is -2.41.